The van der Waals surface area contributed by atoms with Gasteiger partial charge in [0.05, 0.1) is 5.69 Å². The van der Waals surface area contributed by atoms with Crippen LogP contribution in [0.5, 0.6) is 0 Å². The normalized spacial score (nSPS) is 28.8. The third-order valence-electron chi connectivity index (χ3n) is 7.25. The van der Waals surface area contributed by atoms with Gasteiger partial charge in [-0.25, -0.2) is 4.98 Å². The van der Waals surface area contributed by atoms with Crippen LogP contribution in [0.25, 0.3) is 0 Å². The highest BCUT2D eigenvalue weighted by atomic mass is 15.3. The summed E-state index contributed by atoms with van der Waals surface area (Å²) in [4.78, 5) is 14.9. The van der Waals surface area contributed by atoms with Crippen molar-refractivity contribution in [3.63, 3.8) is 0 Å². The molecule has 5 rings (SSSR count). The summed E-state index contributed by atoms with van der Waals surface area (Å²) in [5.41, 5.74) is 9.30. The van der Waals surface area contributed by atoms with Crippen LogP contribution in [0.4, 0.5) is 11.8 Å². The zero-order valence-electron chi connectivity index (χ0n) is 15.3. The third-order valence-corrected chi connectivity index (χ3v) is 7.25. The van der Waals surface area contributed by atoms with Crippen LogP contribution in [0.15, 0.2) is 0 Å². The molecule has 2 N–H and O–H groups in total. The van der Waals surface area contributed by atoms with Crippen molar-refractivity contribution in [2.45, 2.75) is 75.7 Å². The molecule has 2 aliphatic heterocycles. The molecular formula is C20H31N5. The molecule has 0 amide bonds. The molecular weight excluding hydrogens is 310 g/mol. The number of nitrogens with zero attached hydrogens (tertiary/aromatic N) is 4. The molecule has 1 spiro atoms. The molecule has 5 nitrogen and oxygen atoms in total. The zero-order valence-corrected chi connectivity index (χ0v) is 15.3. The van der Waals surface area contributed by atoms with Crippen LogP contribution < -0.4 is 10.6 Å². The lowest BCUT2D eigenvalue weighted by Gasteiger charge is -2.37. The summed E-state index contributed by atoms with van der Waals surface area (Å²) >= 11 is 0. The van der Waals surface area contributed by atoms with Crippen LogP contribution in [0, 0.1) is 0 Å². The van der Waals surface area contributed by atoms with Gasteiger partial charge in [0.2, 0.25) is 5.95 Å². The minimum atomic E-state index is 0.310. The predicted molar refractivity (Wildman–Crippen MR) is 101 cm³/mol. The quantitative estimate of drug-likeness (QED) is 0.851. The first kappa shape index (κ1) is 15.9. The van der Waals surface area contributed by atoms with Gasteiger partial charge >= 0.3 is 0 Å². The van der Waals surface area contributed by atoms with E-state index in [0.717, 1.165) is 19.5 Å². The summed E-state index contributed by atoms with van der Waals surface area (Å²) in [6, 6.07) is 0.707. The van der Waals surface area contributed by atoms with Gasteiger partial charge in [0.15, 0.2) is 0 Å². The topological polar surface area (TPSA) is 58.3 Å². The Morgan fingerprint density at radius 1 is 0.920 bits per heavy atom. The Morgan fingerprint density at radius 3 is 2.60 bits per heavy atom. The van der Waals surface area contributed by atoms with Crippen molar-refractivity contribution < 1.29 is 0 Å². The number of aromatic nitrogens is 2. The van der Waals surface area contributed by atoms with Crippen LogP contribution >= 0.6 is 0 Å². The predicted octanol–water partition coefficient (Wildman–Crippen LogP) is 2.88. The smallest absolute Gasteiger partial charge is 0.222 e. The summed E-state index contributed by atoms with van der Waals surface area (Å²) in [6.45, 7) is 4.76. The summed E-state index contributed by atoms with van der Waals surface area (Å²) in [6.07, 6.45) is 12.9. The lowest BCUT2D eigenvalue weighted by molar-refractivity contribution is 0.273. The second-order valence-corrected chi connectivity index (χ2v) is 8.71. The van der Waals surface area contributed by atoms with Crippen LogP contribution in [-0.4, -0.2) is 47.1 Å². The average Bonchev–Trinajstić information content (AvgIpc) is 3.21. The van der Waals surface area contributed by atoms with E-state index in [4.69, 9.17) is 15.7 Å². The van der Waals surface area contributed by atoms with Gasteiger partial charge in [-0.1, -0.05) is 12.8 Å². The molecule has 0 radical (unpaired) electrons. The van der Waals surface area contributed by atoms with E-state index >= 15 is 0 Å². The van der Waals surface area contributed by atoms with Crippen LogP contribution in [0.3, 0.4) is 0 Å². The molecule has 2 saturated heterocycles. The molecule has 1 aromatic heterocycles. The Balaban J connectivity index is 1.54. The number of nitrogen functional groups attached to an aromatic ring is 1. The van der Waals surface area contributed by atoms with E-state index in [-0.39, 0.29) is 0 Å². The third kappa shape index (κ3) is 2.62. The first-order valence-electron chi connectivity index (χ1n) is 10.4. The Labute approximate surface area is 151 Å². The Morgan fingerprint density at radius 2 is 1.72 bits per heavy atom. The molecule has 0 bridgehead atoms. The van der Waals surface area contributed by atoms with E-state index in [0.29, 0.717) is 17.4 Å². The zero-order chi connectivity index (χ0) is 16.9. The van der Waals surface area contributed by atoms with Crippen LogP contribution in [-0.2, 0) is 11.8 Å². The molecule has 136 valence electrons. The second-order valence-electron chi connectivity index (χ2n) is 8.71. The maximum Gasteiger partial charge on any atom is 0.222 e. The van der Waals surface area contributed by atoms with Gasteiger partial charge in [-0.15, -0.1) is 0 Å². The maximum absolute atomic E-state index is 6.23. The summed E-state index contributed by atoms with van der Waals surface area (Å²) in [7, 11) is 0. The van der Waals surface area contributed by atoms with Crippen molar-refractivity contribution in [1.82, 2.24) is 14.9 Å². The summed E-state index contributed by atoms with van der Waals surface area (Å²) in [5.74, 6) is 1.68. The molecule has 5 heteroatoms. The monoisotopic (exact) mass is 341 g/mol. The van der Waals surface area contributed by atoms with Crippen molar-refractivity contribution >= 4 is 11.8 Å². The molecule has 1 aromatic rings. The van der Waals surface area contributed by atoms with Gasteiger partial charge in [0, 0.05) is 36.7 Å². The van der Waals surface area contributed by atoms with E-state index in [1.807, 2.05) is 0 Å². The minimum Gasteiger partial charge on any atom is -0.368 e. The number of hydrogen-bond acceptors (Lipinski definition) is 5. The fourth-order valence-corrected chi connectivity index (χ4v) is 6.08. The molecule has 3 fully saturated rings. The Hall–Kier alpha value is -1.36. The van der Waals surface area contributed by atoms with Crippen molar-refractivity contribution in [3.05, 3.63) is 11.3 Å². The number of rotatable bonds is 1. The molecule has 3 heterocycles. The highest BCUT2D eigenvalue weighted by Crippen LogP contribution is 2.49. The maximum atomic E-state index is 6.23. The van der Waals surface area contributed by atoms with Gasteiger partial charge in [-0.05, 0) is 57.9 Å². The van der Waals surface area contributed by atoms with E-state index in [1.54, 1.807) is 0 Å². The SMILES string of the molecule is Nc1nc(N2CCCN3CCCC3C2)c2c(n1)C1(CCCC1)CCC2. The fraction of sp³-hybridized carbons (Fsp3) is 0.800. The van der Waals surface area contributed by atoms with Gasteiger partial charge in [0.1, 0.15) is 5.82 Å². The minimum absolute atomic E-state index is 0.310. The highest BCUT2D eigenvalue weighted by Gasteiger charge is 2.42. The lowest BCUT2D eigenvalue weighted by atomic mass is 9.71. The van der Waals surface area contributed by atoms with Gasteiger partial charge < -0.3 is 10.6 Å². The average molecular weight is 342 g/mol. The van der Waals surface area contributed by atoms with E-state index in [2.05, 4.69) is 9.80 Å². The summed E-state index contributed by atoms with van der Waals surface area (Å²) in [5, 5.41) is 0. The van der Waals surface area contributed by atoms with Gasteiger partial charge in [-0.2, -0.15) is 4.98 Å². The molecule has 25 heavy (non-hydrogen) atoms. The fourth-order valence-electron chi connectivity index (χ4n) is 6.08. The molecule has 2 aliphatic carbocycles. The molecule has 1 saturated carbocycles. The Kier molecular flexibility index (Phi) is 3.88. The molecule has 1 unspecified atom stereocenters. The van der Waals surface area contributed by atoms with Crippen LogP contribution in [0.1, 0.15) is 69.0 Å². The number of anilines is 2. The van der Waals surface area contributed by atoms with Gasteiger partial charge in [-0.3, -0.25) is 4.90 Å². The van der Waals surface area contributed by atoms with Gasteiger partial charge in [0.25, 0.3) is 0 Å². The number of nitrogens with two attached hydrogens (primary N) is 1. The molecule has 0 aromatic carbocycles. The number of hydrogen-bond donors (Lipinski definition) is 1. The van der Waals surface area contributed by atoms with Crippen molar-refractivity contribution in [2.24, 2.45) is 0 Å². The van der Waals surface area contributed by atoms with E-state index in [1.165, 1.54) is 88.0 Å². The molecule has 1 atom stereocenters. The summed E-state index contributed by atoms with van der Waals surface area (Å²) < 4.78 is 0. The molecule has 4 aliphatic rings. The van der Waals surface area contributed by atoms with Crippen molar-refractivity contribution in [1.29, 1.82) is 0 Å². The lowest BCUT2D eigenvalue weighted by Crippen LogP contribution is -2.39. The van der Waals surface area contributed by atoms with Crippen molar-refractivity contribution in [3.8, 4) is 0 Å². The van der Waals surface area contributed by atoms with Crippen molar-refractivity contribution in [2.75, 3.05) is 36.8 Å². The highest BCUT2D eigenvalue weighted by molar-refractivity contribution is 5.55. The number of fused-ring (bicyclic) bond motifs is 3. The van der Waals surface area contributed by atoms with E-state index in [9.17, 15) is 0 Å². The van der Waals surface area contributed by atoms with E-state index < -0.39 is 0 Å². The Bertz CT molecular complexity index is 652. The first-order chi connectivity index (χ1) is 12.3. The first-order valence-corrected chi connectivity index (χ1v) is 10.4. The largest absolute Gasteiger partial charge is 0.368 e. The second kappa shape index (κ2) is 6.11. The van der Waals surface area contributed by atoms with Crippen LogP contribution in [0.2, 0.25) is 0 Å². The standard InChI is InChI=1S/C20H31N5/c21-19-22-17-16(7-3-10-20(17)8-1-2-9-20)18(23-19)25-13-5-12-24-11-4-6-15(24)14-25/h15H,1-14H2,(H2,21,22,23).